The molecule has 1 aromatic rings. The molecule has 0 bridgehead atoms. The molecule has 0 radical (unpaired) electrons. The van der Waals surface area contributed by atoms with Gasteiger partial charge >= 0.3 is 12.6 Å². The van der Waals surface area contributed by atoms with E-state index in [1.165, 1.54) is 12.3 Å². The van der Waals surface area contributed by atoms with Crippen LogP contribution >= 0.6 is 0 Å². The zero-order chi connectivity index (χ0) is 16.4. The van der Waals surface area contributed by atoms with E-state index in [1.54, 1.807) is 6.07 Å². The van der Waals surface area contributed by atoms with Crippen molar-refractivity contribution in [1.29, 1.82) is 0 Å². The predicted octanol–water partition coefficient (Wildman–Crippen LogP) is 1.79. The molecule has 0 unspecified atom stereocenters. The molecule has 23 heavy (non-hydrogen) atoms. The number of nitrogens with zero attached hydrogens (tertiary/aromatic N) is 1. The van der Waals surface area contributed by atoms with Crippen LogP contribution < -0.4 is 15.4 Å². The van der Waals surface area contributed by atoms with Gasteiger partial charge in [0.05, 0.1) is 12.1 Å². The average Bonchev–Trinajstić information content (AvgIpc) is 2.46. The molecule has 2 saturated carbocycles. The van der Waals surface area contributed by atoms with E-state index in [0.29, 0.717) is 5.56 Å². The van der Waals surface area contributed by atoms with Crippen LogP contribution in [0.2, 0.25) is 0 Å². The molecule has 2 amide bonds. The van der Waals surface area contributed by atoms with Gasteiger partial charge < -0.3 is 20.5 Å². The highest BCUT2D eigenvalue weighted by molar-refractivity contribution is 5.74. The number of aromatic nitrogens is 1. The number of amides is 2. The number of halogens is 2. The first-order chi connectivity index (χ1) is 11.0. The van der Waals surface area contributed by atoms with Crippen molar-refractivity contribution in [3.63, 3.8) is 0 Å². The van der Waals surface area contributed by atoms with Gasteiger partial charge in [-0.1, -0.05) is 6.42 Å². The van der Waals surface area contributed by atoms with Gasteiger partial charge in [0.2, 0.25) is 5.88 Å². The number of aliphatic hydroxyl groups excluding tert-OH is 1. The summed E-state index contributed by atoms with van der Waals surface area (Å²) in [6.45, 7) is -2.78. The van der Waals surface area contributed by atoms with E-state index < -0.39 is 18.7 Å². The highest BCUT2D eigenvalue weighted by atomic mass is 19.3. The van der Waals surface area contributed by atoms with Gasteiger partial charge in [-0.3, -0.25) is 0 Å². The largest absolute Gasteiger partial charge is 0.417 e. The summed E-state index contributed by atoms with van der Waals surface area (Å²) in [7, 11) is 0. The van der Waals surface area contributed by atoms with Gasteiger partial charge in [-0.25, -0.2) is 9.78 Å². The van der Waals surface area contributed by atoms with E-state index in [9.17, 15) is 18.7 Å². The Morgan fingerprint density at radius 1 is 1.52 bits per heavy atom. The monoisotopic (exact) mass is 327 g/mol. The standard InChI is InChI=1S/C15H19F2N3O3/c16-13(17)23-11-6-9(2-5-18-11)8-19-14(22)20-10-7-15(12(10)21)3-1-4-15/h2,5-6,10,12-13,21H,1,3-4,7-8H2,(H2,19,20,22)/t10-,12-/m1/s1. The Hall–Kier alpha value is -1.96. The minimum Gasteiger partial charge on any atom is -0.417 e. The van der Waals surface area contributed by atoms with Crippen molar-refractivity contribution in [2.45, 2.75) is 51.0 Å². The number of aliphatic hydroxyl groups is 1. The fourth-order valence-electron chi connectivity index (χ4n) is 3.32. The lowest BCUT2D eigenvalue weighted by Crippen LogP contribution is -2.66. The molecule has 3 rings (SSSR count). The zero-order valence-corrected chi connectivity index (χ0v) is 12.5. The second kappa shape index (κ2) is 6.27. The summed E-state index contributed by atoms with van der Waals surface area (Å²) in [4.78, 5) is 15.5. The van der Waals surface area contributed by atoms with Crippen molar-refractivity contribution >= 4 is 6.03 Å². The maximum atomic E-state index is 12.1. The lowest BCUT2D eigenvalue weighted by Gasteiger charge is -2.58. The van der Waals surface area contributed by atoms with E-state index >= 15 is 0 Å². The minimum atomic E-state index is -2.94. The number of nitrogens with one attached hydrogen (secondary N) is 2. The zero-order valence-electron chi connectivity index (χ0n) is 12.5. The third-order valence-corrected chi connectivity index (χ3v) is 4.76. The summed E-state index contributed by atoms with van der Waals surface area (Å²) >= 11 is 0. The van der Waals surface area contributed by atoms with Gasteiger partial charge in [-0.2, -0.15) is 8.78 Å². The van der Waals surface area contributed by atoms with E-state index in [0.717, 1.165) is 25.7 Å². The molecule has 8 heteroatoms. The van der Waals surface area contributed by atoms with Crippen LogP contribution in [0.15, 0.2) is 18.3 Å². The average molecular weight is 327 g/mol. The third kappa shape index (κ3) is 3.36. The van der Waals surface area contributed by atoms with Gasteiger partial charge in [0.25, 0.3) is 0 Å². The predicted molar refractivity (Wildman–Crippen MR) is 76.9 cm³/mol. The highest BCUT2D eigenvalue weighted by Gasteiger charge is 2.56. The van der Waals surface area contributed by atoms with E-state index in [2.05, 4.69) is 20.4 Å². The van der Waals surface area contributed by atoms with Crippen LogP contribution in [0.1, 0.15) is 31.2 Å². The lowest BCUT2D eigenvalue weighted by molar-refractivity contribution is -0.138. The third-order valence-electron chi connectivity index (χ3n) is 4.76. The molecular weight excluding hydrogens is 308 g/mol. The van der Waals surface area contributed by atoms with Crippen molar-refractivity contribution in [3.05, 3.63) is 23.9 Å². The first-order valence-electron chi connectivity index (χ1n) is 7.61. The number of carbonyl (C=O) groups excluding carboxylic acids is 1. The van der Waals surface area contributed by atoms with Crippen LogP contribution in [0.25, 0.3) is 0 Å². The summed E-state index contributed by atoms with van der Waals surface area (Å²) < 4.78 is 28.4. The molecule has 6 nitrogen and oxygen atoms in total. The molecular formula is C15H19F2N3O3. The van der Waals surface area contributed by atoms with Crippen LogP contribution in [0, 0.1) is 5.41 Å². The van der Waals surface area contributed by atoms with Gasteiger partial charge in [-0.05, 0) is 30.9 Å². The number of hydrogen-bond donors (Lipinski definition) is 3. The fourth-order valence-corrected chi connectivity index (χ4v) is 3.32. The molecule has 1 heterocycles. The fraction of sp³-hybridized carbons (Fsp3) is 0.600. The van der Waals surface area contributed by atoms with E-state index in [4.69, 9.17) is 0 Å². The van der Waals surface area contributed by atoms with Crippen molar-refractivity contribution in [2.24, 2.45) is 5.41 Å². The van der Waals surface area contributed by atoms with Crippen molar-refractivity contribution in [3.8, 4) is 5.88 Å². The quantitative estimate of drug-likeness (QED) is 0.770. The van der Waals surface area contributed by atoms with Crippen LogP contribution in [0.3, 0.4) is 0 Å². The van der Waals surface area contributed by atoms with Gasteiger partial charge in [0.15, 0.2) is 0 Å². The SMILES string of the molecule is O=C(NCc1ccnc(OC(F)F)c1)N[C@@H]1CC2(CCC2)[C@@H]1O. The van der Waals surface area contributed by atoms with Crippen LogP contribution in [-0.2, 0) is 6.54 Å². The number of urea groups is 1. The smallest absolute Gasteiger partial charge is 0.388 e. The minimum absolute atomic E-state index is 0.0323. The molecule has 2 aliphatic carbocycles. The molecule has 126 valence electrons. The Morgan fingerprint density at radius 3 is 2.91 bits per heavy atom. The molecule has 1 spiro atoms. The lowest BCUT2D eigenvalue weighted by atomic mass is 9.52. The summed E-state index contributed by atoms with van der Waals surface area (Å²) in [5.41, 5.74) is 0.625. The number of pyridine rings is 1. The van der Waals surface area contributed by atoms with Crippen LogP contribution in [0.4, 0.5) is 13.6 Å². The normalized spacial score (nSPS) is 24.7. The summed E-state index contributed by atoms with van der Waals surface area (Å²) in [6.07, 6.45) is 4.86. The first kappa shape index (κ1) is 15.9. The van der Waals surface area contributed by atoms with Crippen molar-refractivity contribution in [2.75, 3.05) is 0 Å². The molecule has 2 aliphatic rings. The van der Waals surface area contributed by atoms with Crippen LogP contribution in [-0.4, -0.2) is 34.9 Å². The highest BCUT2D eigenvalue weighted by Crippen LogP contribution is 2.55. The number of rotatable bonds is 5. The van der Waals surface area contributed by atoms with E-state index in [-0.39, 0.29) is 23.9 Å². The van der Waals surface area contributed by atoms with Gasteiger partial charge in [0.1, 0.15) is 0 Å². The maximum absolute atomic E-state index is 12.1. The van der Waals surface area contributed by atoms with Gasteiger partial charge in [0, 0.05) is 24.2 Å². The Balaban J connectivity index is 1.44. The molecule has 2 fully saturated rings. The van der Waals surface area contributed by atoms with E-state index in [1.807, 2.05) is 0 Å². The number of carbonyl (C=O) groups is 1. The molecule has 0 aromatic carbocycles. The summed E-state index contributed by atoms with van der Waals surface area (Å²) in [5.74, 6) is -0.193. The second-order valence-electron chi connectivity index (χ2n) is 6.18. The number of alkyl halides is 2. The Morgan fingerprint density at radius 2 is 2.30 bits per heavy atom. The molecule has 1 aromatic heterocycles. The molecule has 3 N–H and O–H groups in total. The molecule has 0 aliphatic heterocycles. The van der Waals surface area contributed by atoms with Crippen molar-refractivity contribution in [1.82, 2.24) is 15.6 Å². The topological polar surface area (TPSA) is 83.5 Å². The van der Waals surface area contributed by atoms with Crippen molar-refractivity contribution < 1.29 is 23.4 Å². The Bertz CT molecular complexity index is 581. The number of ether oxygens (including phenoxy) is 1. The number of hydrogen-bond acceptors (Lipinski definition) is 4. The van der Waals surface area contributed by atoms with Crippen LogP contribution in [0.5, 0.6) is 5.88 Å². The second-order valence-corrected chi connectivity index (χ2v) is 6.18. The summed E-state index contributed by atoms with van der Waals surface area (Å²) in [6, 6.07) is 2.33. The van der Waals surface area contributed by atoms with Gasteiger partial charge in [-0.15, -0.1) is 0 Å². The summed E-state index contributed by atoms with van der Waals surface area (Å²) in [5, 5.41) is 15.5. The molecule has 2 atom stereocenters. The first-order valence-corrected chi connectivity index (χ1v) is 7.61. The Labute approximate surface area is 132 Å². The maximum Gasteiger partial charge on any atom is 0.388 e. The molecule has 0 saturated heterocycles. The Kier molecular flexibility index (Phi) is 4.34.